The van der Waals surface area contributed by atoms with Crippen molar-refractivity contribution in [1.29, 1.82) is 0 Å². The van der Waals surface area contributed by atoms with Crippen molar-refractivity contribution in [2.24, 2.45) is 0 Å². The fourth-order valence-corrected chi connectivity index (χ4v) is 7.95. The topological polar surface area (TPSA) is 98.2 Å². The number of nitrogens with zero attached hydrogens (tertiary/aromatic N) is 4. The lowest BCUT2D eigenvalue weighted by molar-refractivity contribution is 0.178. The summed E-state index contributed by atoms with van der Waals surface area (Å²) >= 11 is 0. The van der Waals surface area contributed by atoms with E-state index in [4.69, 9.17) is 19.3 Å². The second-order valence-electron chi connectivity index (χ2n) is 13.9. The summed E-state index contributed by atoms with van der Waals surface area (Å²) in [5.41, 5.74) is 5.79. The Balaban J connectivity index is 1.42. The van der Waals surface area contributed by atoms with E-state index >= 15 is 0 Å². The van der Waals surface area contributed by atoms with Crippen molar-refractivity contribution in [3.63, 3.8) is 0 Å². The molecule has 0 bridgehead atoms. The first-order valence-corrected chi connectivity index (χ1v) is 18.8. The van der Waals surface area contributed by atoms with Gasteiger partial charge in [-0.25, -0.2) is 14.3 Å². The van der Waals surface area contributed by atoms with E-state index in [9.17, 15) is 9.59 Å². The third kappa shape index (κ3) is 6.58. The Bertz CT molecular complexity index is 2430. The first kappa shape index (κ1) is 36.9. The average Bonchev–Trinajstić information content (AvgIpc) is 3.63. The van der Waals surface area contributed by atoms with Crippen LogP contribution in [0.3, 0.4) is 0 Å². The zero-order chi connectivity index (χ0) is 39.5. The monoisotopic (exact) mass is 757 g/mol. The third-order valence-corrected chi connectivity index (χ3v) is 10.8. The van der Waals surface area contributed by atoms with Crippen LogP contribution in [-0.4, -0.2) is 48.1 Å². The van der Waals surface area contributed by atoms with Gasteiger partial charge in [-0.1, -0.05) is 121 Å². The van der Waals surface area contributed by atoms with Gasteiger partial charge in [0.05, 0.1) is 46.0 Å². The largest absolute Gasteiger partial charge is 0.497 e. The molecule has 286 valence electrons. The predicted molar refractivity (Wildman–Crippen MR) is 222 cm³/mol. The van der Waals surface area contributed by atoms with Gasteiger partial charge in [0.15, 0.2) is 5.82 Å². The van der Waals surface area contributed by atoms with Gasteiger partial charge in [0, 0.05) is 22.7 Å². The molecule has 8 rings (SSSR count). The molecule has 1 unspecified atom stereocenters. The molecule has 0 spiro atoms. The molecule has 1 aliphatic heterocycles. The zero-order valence-electron chi connectivity index (χ0n) is 32.3. The third-order valence-electron chi connectivity index (χ3n) is 10.8. The minimum absolute atomic E-state index is 0.0753. The van der Waals surface area contributed by atoms with Crippen LogP contribution in [0.15, 0.2) is 152 Å². The molecular weight excluding hydrogens is 715 g/mol. The number of aromatic nitrogens is 2. The van der Waals surface area contributed by atoms with Crippen LogP contribution in [0.25, 0.3) is 10.9 Å². The number of hydrogen-bond acceptors (Lipinski definition) is 6. The van der Waals surface area contributed by atoms with Crippen LogP contribution in [0.4, 0.5) is 21.1 Å². The van der Waals surface area contributed by atoms with Gasteiger partial charge in [-0.05, 0) is 59.0 Å². The molecule has 10 heteroatoms. The number of hydrogen-bond donors (Lipinski definition) is 1. The SMILES string of the molecule is COC(=O)N(Cc1ccc(OC)cc1OC)c1nn(C(c2ccccc2)(c2ccccc2)c2ccccc2)c2cc3c(cc12)CN(C(C)c1ccccc1)C(=O)N3. The Morgan fingerprint density at radius 3 is 1.89 bits per heavy atom. The van der Waals surface area contributed by atoms with Crippen LogP contribution >= 0.6 is 0 Å². The molecule has 1 N–H and O–H groups in total. The van der Waals surface area contributed by atoms with E-state index in [1.54, 1.807) is 20.3 Å². The zero-order valence-corrected chi connectivity index (χ0v) is 32.3. The minimum atomic E-state index is -1.04. The smallest absolute Gasteiger partial charge is 0.415 e. The van der Waals surface area contributed by atoms with Crippen LogP contribution in [0.1, 0.15) is 46.3 Å². The van der Waals surface area contributed by atoms with E-state index in [1.807, 2.05) is 126 Å². The van der Waals surface area contributed by atoms with Gasteiger partial charge >= 0.3 is 12.1 Å². The number of carbonyl (C=O) groups excluding carboxylic acids is 2. The molecule has 1 aromatic heterocycles. The lowest BCUT2D eigenvalue weighted by Gasteiger charge is -2.37. The summed E-state index contributed by atoms with van der Waals surface area (Å²) in [5.74, 6) is 1.55. The van der Waals surface area contributed by atoms with Crippen molar-refractivity contribution in [3.05, 3.63) is 185 Å². The van der Waals surface area contributed by atoms with E-state index in [0.717, 1.165) is 33.4 Å². The second-order valence-corrected chi connectivity index (χ2v) is 13.9. The molecule has 7 aromatic rings. The number of ether oxygens (including phenoxy) is 3. The van der Waals surface area contributed by atoms with Crippen molar-refractivity contribution >= 4 is 34.5 Å². The molecule has 0 saturated heterocycles. The maximum Gasteiger partial charge on any atom is 0.415 e. The summed E-state index contributed by atoms with van der Waals surface area (Å²) < 4.78 is 18.7. The molecule has 57 heavy (non-hydrogen) atoms. The van der Waals surface area contributed by atoms with E-state index < -0.39 is 11.6 Å². The highest BCUT2D eigenvalue weighted by Gasteiger charge is 2.42. The quantitative estimate of drug-likeness (QED) is 0.132. The lowest BCUT2D eigenvalue weighted by Crippen LogP contribution is -2.40. The van der Waals surface area contributed by atoms with Crippen LogP contribution in [-0.2, 0) is 23.4 Å². The van der Waals surface area contributed by atoms with Crippen LogP contribution in [0.2, 0.25) is 0 Å². The number of anilines is 2. The number of amides is 3. The number of urea groups is 1. The first-order chi connectivity index (χ1) is 27.9. The van der Waals surface area contributed by atoms with Gasteiger partial charge in [-0.3, -0.25) is 4.90 Å². The van der Waals surface area contributed by atoms with Crippen LogP contribution < -0.4 is 19.7 Å². The van der Waals surface area contributed by atoms with Gasteiger partial charge in [0.25, 0.3) is 0 Å². The lowest BCUT2D eigenvalue weighted by atomic mass is 9.77. The van der Waals surface area contributed by atoms with Crippen molar-refractivity contribution in [1.82, 2.24) is 14.7 Å². The molecule has 0 fully saturated rings. The highest BCUT2D eigenvalue weighted by Crippen LogP contribution is 2.46. The minimum Gasteiger partial charge on any atom is -0.497 e. The van der Waals surface area contributed by atoms with E-state index in [0.29, 0.717) is 40.5 Å². The molecular formula is C47H43N5O5. The molecule has 6 aromatic carbocycles. The number of fused-ring (bicyclic) bond motifs is 2. The fraction of sp³-hybridized carbons (Fsp3) is 0.170. The van der Waals surface area contributed by atoms with Crippen molar-refractivity contribution < 1.29 is 23.8 Å². The molecule has 0 aliphatic carbocycles. The van der Waals surface area contributed by atoms with Gasteiger partial charge in [-0.15, -0.1) is 0 Å². The van der Waals surface area contributed by atoms with Crippen LogP contribution in [0.5, 0.6) is 11.5 Å². The van der Waals surface area contributed by atoms with Gasteiger partial charge in [0.2, 0.25) is 0 Å². The van der Waals surface area contributed by atoms with Gasteiger partial charge in [-0.2, -0.15) is 5.10 Å². The van der Waals surface area contributed by atoms with E-state index in [-0.39, 0.29) is 18.6 Å². The summed E-state index contributed by atoms with van der Waals surface area (Å²) in [4.78, 5) is 31.4. The van der Waals surface area contributed by atoms with Crippen molar-refractivity contribution in [3.8, 4) is 11.5 Å². The summed E-state index contributed by atoms with van der Waals surface area (Å²) in [7, 11) is 4.54. The van der Waals surface area contributed by atoms with E-state index in [1.165, 1.54) is 12.0 Å². The Morgan fingerprint density at radius 2 is 1.35 bits per heavy atom. The molecule has 10 nitrogen and oxygen atoms in total. The highest BCUT2D eigenvalue weighted by atomic mass is 16.5. The number of benzene rings is 6. The molecule has 1 aliphatic rings. The highest BCUT2D eigenvalue weighted by molar-refractivity contribution is 6.03. The standard InChI is InChI=1S/C47H43N5O5/c1-32(33-17-9-5-10-18-33)50-31-35-27-40-42(29-41(35)48-45(50)53)52(49-44(40)51(46(54)57-4)30-34-25-26-39(55-2)28-43(34)56-3)47(36-19-11-6-12-20-36,37-21-13-7-14-22-37)38-23-15-8-16-24-38/h5-29,32H,30-31H2,1-4H3,(H,48,53). The number of methoxy groups -OCH3 is 3. The molecule has 0 saturated carbocycles. The number of nitrogens with one attached hydrogen (secondary N) is 1. The Kier molecular flexibility index (Phi) is 10.1. The first-order valence-electron chi connectivity index (χ1n) is 18.8. The molecule has 0 radical (unpaired) electrons. The normalized spacial score (nSPS) is 13.1. The average molecular weight is 758 g/mol. The maximum atomic E-state index is 14.1. The number of carbonyl (C=O) groups is 2. The van der Waals surface area contributed by atoms with Gasteiger partial charge < -0.3 is 24.4 Å². The second kappa shape index (κ2) is 15.6. The summed E-state index contributed by atoms with van der Waals surface area (Å²) in [5, 5.41) is 9.39. The predicted octanol–water partition coefficient (Wildman–Crippen LogP) is 9.78. The van der Waals surface area contributed by atoms with Crippen molar-refractivity contribution in [2.75, 3.05) is 31.5 Å². The summed E-state index contributed by atoms with van der Waals surface area (Å²) in [6.45, 7) is 2.44. The Hall–Kier alpha value is -7.07. The Morgan fingerprint density at radius 1 is 0.772 bits per heavy atom. The fourth-order valence-electron chi connectivity index (χ4n) is 7.95. The molecule has 3 amide bonds. The molecule has 2 heterocycles. The summed E-state index contributed by atoms with van der Waals surface area (Å²) in [6, 6.07) is 49.7. The van der Waals surface area contributed by atoms with Crippen molar-refractivity contribution in [2.45, 2.75) is 31.6 Å². The molecule has 1 atom stereocenters. The number of rotatable bonds is 11. The van der Waals surface area contributed by atoms with Gasteiger partial charge in [0.1, 0.15) is 17.0 Å². The maximum absolute atomic E-state index is 14.1. The van der Waals surface area contributed by atoms with Crippen LogP contribution in [0, 0.1) is 0 Å². The Labute approximate surface area is 331 Å². The van der Waals surface area contributed by atoms with E-state index in [2.05, 4.69) is 41.7 Å². The summed E-state index contributed by atoms with van der Waals surface area (Å²) in [6.07, 6.45) is -0.602.